The van der Waals surface area contributed by atoms with Crippen LogP contribution in [-0.2, 0) is 0 Å². The van der Waals surface area contributed by atoms with Crippen molar-refractivity contribution < 1.29 is 53.2 Å². The molecule has 3 aliphatic heterocycles. The van der Waals surface area contributed by atoms with Gasteiger partial charge in [0.25, 0.3) is 0 Å². The number of hydrogen-bond acceptors (Lipinski definition) is 11. The number of allylic oxidation sites excluding steroid dienone is 12. The van der Waals surface area contributed by atoms with Crippen molar-refractivity contribution in [1.82, 2.24) is 0 Å². The zero-order chi connectivity index (χ0) is 51.1. The van der Waals surface area contributed by atoms with E-state index >= 15 is 19.2 Å². The lowest BCUT2D eigenvalue weighted by molar-refractivity contribution is 0.0909. The molecule has 11 nitrogen and oxygen atoms in total. The van der Waals surface area contributed by atoms with E-state index in [4.69, 9.17) is 14.2 Å². The molecule has 6 aliphatic rings. The molecule has 362 valence electrons. The number of rotatable bonds is 11. The average Bonchev–Trinajstić information content (AvgIpc) is 3.30. The highest BCUT2D eigenvalue weighted by molar-refractivity contribution is 6.42. The van der Waals surface area contributed by atoms with E-state index in [1.165, 1.54) is 36.4 Å². The van der Waals surface area contributed by atoms with Crippen molar-refractivity contribution in [1.29, 1.82) is 0 Å². The highest BCUT2D eigenvalue weighted by atomic mass is 16.5. The van der Waals surface area contributed by atoms with Crippen LogP contribution in [0.15, 0.2) is 123 Å². The highest BCUT2D eigenvalue weighted by Gasteiger charge is 2.49. The van der Waals surface area contributed by atoms with E-state index in [1.54, 1.807) is 36.5 Å². The van der Waals surface area contributed by atoms with Crippen LogP contribution < -0.4 is 14.2 Å². The Labute approximate surface area is 413 Å². The number of ketones is 6. The molecule has 3 aromatic rings. The zero-order valence-electron chi connectivity index (χ0n) is 41.5. The molecule has 0 saturated heterocycles. The molecule has 3 aromatic carbocycles. The number of carbonyl (C=O) groups is 6. The molecule has 2 N–H and O–H groups in total. The minimum atomic E-state index is -1.17. The van der Waals surface area contributed by atoms with Gasteiger partial charge in [0, 0.05) is 61.2 Å². The maximum atomic E-state index is 15.6. The summed E-state index contributed by atoms with van der Waals surface area (Å²) < 4.78 is 19.3. The molecule has 3 aliphatic carbocycles. The lowest BCUT2D eigenvalue weighted by Gasteiger charge is -2.35. The summed E-state index contributed by atoms with van der Waals surface area (Å²) in [7, 11) is 0. The van der Waals surface area contributed by atoms with Gasteiger partial charge in [0.1, 0.15) is 34.1 Å². The summed E-state index contributed by atoms with van der Waals surface area (Å²) in [6.45, 7) is 17.7. The quantitative estimate of drug-likeness (QED) is 0.175. The molecule has 0 saturated carbocycles. The molecule has 3 heterocycles. The number of carbonyl (C=O) groups excluding carboxylic acids is 6. The van der Waals surface area contributed by atoms with Crippen molar-refractivity contribution in [2.45, 2.75) is 118 Å². The van der Waals surface area contributed by atoms with Gasteiger partial charge in [0.2, 0.25) is 11.6 Å². The largest absolute Gasteiger partial charge is 0.504 e. The Bertz CT molecular complexity index is 3290. The Hall–Kier alpha value is -7.66. The average molecular weight is 953 g/mol. The van der Waals surface area contributed by atoms with Gasteiger partial charge in [-0.3, -0.25) is 28.8 Å². The summed E-state index contributed by atoms with van der Waals surface area (Å²) in [4.78, 5) is 90.2. The molecule has 0 spiro atoms. The number of fused-ring (bicyclic) bond motifs is 9. The first-order valence-electron chi connectivity index (χ1n) is 24.0. The molecule has 0 aromatic heterocycles. The van der Waals surface area contributed by atoms with Crippen molar-refractivity contribution in [3.63, 3.8) is 0 Å². The first-order valence-corrected chi connectivity index (χ1v) is 24.0. The van der Waals surface area contributed by atoms with E-state index in [-0.39, 0.29) is 55.8 Å². The molecular weight excluding hydrogens is 897 g/mol. The van der Waals surface area contributed by atoms with Gasteiger partial charge in [-0.2, -0.15) is 0 Å². The molecule has 11 heteroatoms. The van der Waals surface area contributed by atoms with E-state index in [0.717, 1.165) is 29.6 Å². The molecule has 0 fully saturated rings. The number of aliphatic hydroxyl groups excluding tert-OH is 2. The van der Waals surface area contributed by atoms with Gasteiger partial charge in [-0.15, -0.1) is 0 Å². The van der Waals surface area contributed by atoms with Crippen molar-refractivity contribution in [3.8, 4) is 17.2 Å². The van der Waals surface area contributed by atoms with Gasteiger partial charge < -0.3 is 24.4 Å². The van der Waals surface area contributed by atoms with Crippen LogP contribution in [0, 0.1) is 0 Å². The minimum Gasteiger partial charge on any atom is -0.504 e. The van der Waals surface area contributed by atoms with E-state index in [9.17, 15) is 19.8 Å². The van der Waals surface area contributed by atoms with Gasteiger partial charge >= 0.3 is 0 Å². The molecule has 0 radical (unpaired) electrons. The van der Waals surface area contributed by atoms with E-state index < -0.39 is 85.3 Å². The number of hydrogen-bond donors (Lipinski definition) is 2. The first-order chi connectivity index (χ1) is 33.6. The third-order valence-corrected chi connectivity index (χ3v) is 14.0. The van der Waals surface area contributed by atoms with Crippen LogP contribution in [0.5, 0.6) is 17.2 Å². The molecular formula is C60H56O11. The summed E-state index contributed by atoms with van der Waals surface area (Å²) in [5, 5.41) is 24.2. The maximum Gasteiger partial charge on any atom is 0.229 e. The number of benzene rings is 3. The lowest BCUT2D eigenvalue weighted by Crippen LogP contribution is -2.36. The second-order valence-electron chi connectivity index (χ2n) is 20.6. The van der Waals surface area contributed by atoms with Crippen molar-refractivity contribution >= 4 is 52.9 Å². The van der Waals surface area contributed by atoms with Crippen LogP contribution >= 0.6 is 0 Å². The number of ether oxygens (including phenoxy) is 3. The fourth-order valence-corrected chi connectivity index (χ4v) is 10.2. The topological polar surface area (TPSA) is 171 Å². The maximum absolute atomic E-state index is 15.6. The monoisotopic (exact) mass is 952 g/mol. The van der Waals surface area contributed by atoms with E-state index in [1.807, 2.05) is 62.3 Å². The van der Waals surface area contributed by atoms with Gasteiger partial charge in [-0.1, -0.05) is 53.2 Å². The molecule has 9 rings (SSSR count). The van der Waals surface area contributed by atoms with E-state index in [0.29, 0.717) is 37.2 Å². The third-order valence-electron chi connectivity index (χ3n) is 14.0. The van der Waals surface area contributed by atoms with Crippen molar-refractivity contribution in [2.24, 2.45) is 0 Å². The second kappa shape index (κ2) is 17.6. The summed E-state index contributed by atoms with van der Waals surface area (Å²) in [6, 6.07) is 8.68. The highest BCUT2D eigenvalue weighted by Crippen LogP contribution is 2.49. The van der Waals surface area contributed by atoms with Gasteiger partial charge in [-0.05, 0) is 155 Å². The van der Waals surface area contributed by atoms with Crippen molar-refractivity contribution in [3.05, 3.63) is 173 Å². The Morgan fingerprint density at radius 3 is 1.01 bits per heavy atom. The van der Waals surface area contributed by atoms with Crippen LogP contribution in [0.1, 0.15) is 180 Å². The molecule has 0 bridgehead atoms. The fourth-order valence-electron chi connectivity index (χ4n) is 10.2. The SMILES string of the molecule is CC(C)=CCC[C@]1(C)C=Cc2c(ccc3c2C(=O)C(O)=C(C2=C(C4=C(O)C(=O)c5c(ccc6c5C=C[C@@](C)(CCC=C(C)C)O6)C4=O)C(=O)c4c(ccc5c4C=C[C@@](C)(CCC=C(C)C)O5)C2=O)C3=O)O1. The Kier molecular flexibility index (Phi) is 12.0. The Balaban J connectivity index is 1.20. The molecule has 3 atom stereocenters. The van der Waals surface area contributed by atoms with E-state index in [2.05, 4.69) is 18.2 Å². The first kappa shape index (κ1) is 48.4. The van der Waals surface area contributed by atoms with Crippen LogP contribution in [0.25, 0.3) is 18.2 Å². The van der Waals surface area contributed by atoms with Gasteiger partial charge in [0.15, 0.2) is 34.7 Å². The fraction of sp³-hybridized carbons (Fsp3) is 0.300. The normalized spacial score (nSPS) is 22.7. The number of aliphatic hydroxyl groups is 2. The van der Waals surface area contributed by atoms with Crippen LogP contribution in [-0.4, -0.2) is 61.7 Å². The summed E-state index contributed by atoms with van der Waals surface area (Å²) in [5.74, 6) is -7.61. The summed E-state index contributed by atoms with van der Waals surface area (Å²) in [5.41, 5.74) is -2.74. The summed E-state index contributed by atoms with van der Waals surface area (Å²) in [6.07, 6.45) is 20.5. The molecule has 0 amide bonds. The Morgan fingerprint density at radius 1 is 0.423 bits per heavy atom. The Morgan fingerprint density at radius 2 is 0.704 bits per heavy atom. The summed E-state index contributed by atoms with van der Waals surface area (Å²) >= 11 is 0. The van der Waals surface area contributed by atoms with Crippen LogP contribution in [0.4, 0.5) is 0 Å². The predicted octanol–water partition coefficient (Wildman–Crippen LogP) is 12.9. The molecule has 71 heavy (non-hydrogen) atoms. The smallest absolute Gasteiger partial charge is 0.229 e. The van der Waals surface area contributed by atoms with Gasteiger partial charge in [-0.25, -0.2) is 0 Å². The number of Topliss-reactive ketones (excluding diaryl/α,β-unsaturated/α-hetero) is 6. The van der Waals surface area contributed by atoms with Gasteiger partial charge in [0.05, 0.1) is 11.1 Å². The van der Waals surface area contributed by atoms with Crippen LogP contribution in [0.3, 0.4) is 0 Å². The minimum absolute atomic E-state index is 0.175. The van der Waals surface area contributed by atoms with Crippen molar-refractivity contribution in [2.75, 3.05) is 0 Å². The zero-order valence-corrected chi connectivity index (χ0v) is 41.5. The predicted molar refractivity (Wildman–Crippen MR) is 272 cm³/mol. The van der Waals surface area contributed by atoms with Crippen LogP contribution in [0.2, 0.25) is 0 Å². The lowest BCUT2D eigenvalue weighted by atomic mass is 9.70. The third kappa shape index (κ3) is 8.30. The standard InChI is InChI=1S/C60H56O11/c1-31(2)13-10-25-58(7)28-22-34-40(69-58)19-16-37-43(34)53(64)47(49-52(63)39-18-21-42-36(45(39)55(66)57(49)68)24-30-60(9,71-42)27-12-15-33(5)6)46(50(37)61)48-51(62)38-17-20-41-35(44(38)54(65)56(48)67)23-29-59(8,70-41)26-11-14-32(3)4/h13-24,28-30,67-68H,10-12,25-27H2,1-9H3/t58-,59-,60-/m1/s1. The second-order valence-corrected chi connectivity index (χ2v) is 20.6. The molecule has 0 unspecified atom stereocenters.